The van der Waals surface area contributed by atoms with E-state index in [0.29, 0.717) is 43.4 Å². The molecular weight excluding hydrogens is 1060 g/mol. The smallest absolute Gasteiger partial charge is 0.330 e. The molecule has 2 heterocycles. The topological polar surface area (TPSA) is 238 Å². The number of esters is 2. The van der Waals surface area contributed by atoms with E-state index in [9.17, 15) is 47.9 Å². The molecule has 19 heteroatoms. The molecule has 1 fully saturated rings. The minimum Gasteiger partial charge on any atom is -0.461 e. The van der Waals surface area contributed by atoms with Crippen LogP contribution in [-0.2, 0) is 70.3 Å². The summed E-state index contributed by atoms with van der Waals surface area (Å²) in [7, 11) is 4.51. The molecule has 2 aliphatic heterocycles. The van der Waals surface area contributed by atoms with Crippen LogP contribution in [-0.4, -0.2) is 150 Å². The molecule has 0 aliphatic carbocycles. The number of nitrogens with one attached hydrogen (secondary N) is 3. The van der Waals surface area contributed by atoms with Crippen molar-refractivity contribution in [1.82, 2.24) is 30.2 Å². The van der Waals surface area contributed by atoms with E-state index in [1.54, 1.807) is 24.3 Å². The van der Waals surface area contributed by atoms with Gasteiger partial charge in [-0.1, -0.05) is 101 Å². The van der Waals surface area contributed by atoms with Crippen LogP contribution < -0.4 is 16.0 Å². The Labute approximate surface area is 489 Å². The summed E-state index contributed by atoms with van der Waals surface area (Å²) >= 11 is 0. The van der Waals surface area contributed by atoms with Gasteiger partial charge >= 0.3 is 11.9 Å². The first-order chi connectivity index (χ1) is 39.3. The molecule has 3 aromatic carbocycles. The van der Waals surface area contributed by atoms with E-state index < -0.39 is 108 Å². The van der Waals surface area contributed by atoms with Crippen LogP contribution in [0.15, 0.2) is 84.9 Å². The molecule has 1 saturated heterocycles. The lowest BCUT2D eigenvalue weighted by Gasteiger charge is -2.36. The van der Waals surface area contributed by atoms with E-state index >= 15 is 0 Å². The molecule has 83 heavy (non-hydrogen) atoms. The summed E-state index contributed by atoms with van der Waals surface area (Å²) in [6.45, 7) is 13.9. The molecule has 19 nitrogen and oxygen atoms in total. The lowest BCUT2D eigenvalue weighted by atomic mass is 9.87. The molecule has 0 radical (unpaired) electrons. The summed E-state index contributed by atoms with van der Waals surface area (Å²) in [6, 6.07) is 17.6. The van der Waals surface area contributed by atoms with Gasteiger partial charge in [-0.25, -0.2) is 9.59 Å². The monoisotopic (exact) mass is 1150 g/mol. The van der Waals surface area contributed by atoms with Gasteiger partial charge in [0.05, 0.1) is 12.0 Å². The fourth-order valence-corrected chi connectivity index (χ4v) is 10.2. The second-order valence-electron chi connectivity index (χ2n) is 23.3. The van der Waals surface area contributed by atoms with Crippen molar-refractivity contribution in [2.24, 2.45) is 17.3 Å². The first-order valence-electron chi connectivity index (χ1n) is 29.0. The standard InChI is InChI=1S/C64H87N7O12/c1-12-42(4)57-60(78)65-39-55(74)68(9)33-18-17-26-56(75)82-40-64(7,8)58(76)62(80)71-34-19-16-25-50(71)63(81)83-52(30-29-46-28-27-43(5)44(6)36-46)47-23-20-24-48(38-47)66-53(72)31-32-54(73)69(10)51(35-41(2)3)59(77)67-49(61(79)70(57)11)37-45-21-14-13-15-22-45/h13-15,17,20-24,26-28,36,38,41-42,49-52,57H,12,16,18-19,25,29-35,37,39-40H2,1-11H3,(H,65,78)(H,66,72)(H,67,77)/b26-17+/t42-,49-,50+,51+,52-,57+/m1/s1. The predicted molar refractivity (Wildman–Crippen MR) is 315 cm³/mol. The third-order valence-corrected chi connectivity index (χ3v) is 15.7. The van der Waals surface area contributed by atoms with E-state index in [1.807, 2.05) is 84.0 Å². The number of Topliss-reactive ketones (excluding diaryl/α,β-unsaturated/α-hetero) is 1. The van der Waals surface area contributed by atoms with Crippen molar-refractivity contribution in [2.45, 2.75) is 156 Å². The minimum atomic E-state index is -1.48. The molecule has 0 aromatic heterocycles. The second-order valence-corrected chi connectivity index (χ2v) is 23.3. The van der Waals surface area contributed by atoms with Crippen LogP contribution in [0.4, 0.5) is 5.69 Å². The molecule has 0 spiro atoms. The Hall–Kier alpha value is -7.70. The molecule has 0 saturated carbocycles. The SMILES string of the molecule is CC[C@@H](C)[C@H]1C(=O)NCC(=O)N(C)CC/C=C/C(=O)OCC(C)(C)C(=O)C(=O)N2CCCC[C@H]2C(=O)O[C@H](CCc2ccc(C)c(C)c2)c2cccc(c2)NC(=O)CCC(=O)N(C)[C@@H](CC(C)C)C(=O)N[C@H](Cc2ccccc2)C(=O)N1C. The molecule has 450 valence electrons. The van der Waals surface area contributed by atoms with Gasteiger partial charge in [0.2, 0.25) is 41.2 Å². The summed E-state index contributed by atoms with van der Waals surface area (Å²) in [4.78, 5) is 145. The largest absolute Gasteiger partial charge is 0.461 e. The van der Waals surface area contributed by atoms with Gasteiger partial charge in [0.25, 0.3) is 5.91 Å². The van der Waals surface area contributed by atoms with E-state index in [1.165, 1.54) is 60.7 Å². The van der Waals surface area contributed by atoms with Crippen molar-refractivity contribution in [2.75, 3.05) is 52.7 Å². The zero-order chi connectivity index (χ0) is 61.1. The van der Waals surface area contributed by atoms with E-state index in [-0.39, 0.29) is 63.5 Å². The number of cyclic esters (lactones) is 2. The van der Waals surface area contributed by atoms with Gasteiger partial charge in [0.15, 0.2) is 0 Å². The number of carbonyl (C=O) groups excluding carboxylic acids is 10. The van der Waals surface area contributed by atoms with Crippen LogP contribution in [0.3, 0.4) is 0 Å². The molecule has 7 amide bonds. The van der Waals surface area contributed by atoms with Crippen LogP contribution in [0.1, 0.15) is 133 Å². The molecule has 5 rings (SSSR count). The maximum atomic E-state index is 14.7. The molecule has 2 bridgehead atoms. The first kappa shape index (κ1) is 66.1. The summed E-state index contributed by atoms with van der Waals surface area (Å²) in [5, 5.41) is 8.50. The Balaban J connectivity index is 1.47. The summed E-state index contributed by atoms with van der Waals surface area (Å²) < 4.78 is 11.8. The van der Waals surface area contributed by atoms with Gasteiger partial charge in [0.1, 0.15) is 36.9 Å². The zero-order valence-electron chi connectivity index (χ0n) is 50.4. The van der Waals surface area contributed by atoms with Gasteiger partial charge in [-0.2, -0.15) is 0 Å². The average molecular weight is 1150 g/mol. The molecule has 3 N–H and O–H groups in total. The second kappa shape index (κ2) is 31.1. The van der Waals surface area contributed by atoms with Crippen LogP contribution >= 0.6 is 0 Å². The number of ketones is 1. The number of amides is 7. The summed E-state index contributed by atoms with van der Waals surface area (Å²) in [6.07, 6.45) is 4.47. The number of likely N-dealkylation sites (N-methyl/N-ethyl adjacent to an activating group) is 3. The zero-order valence-corrected chi connectivity index (χ0v) is 50.4. The third-order valence-electron chi connectivity index (χ3n) is 15.7. The molecule has 3 aromatic rings. The number of aryl methyl sites for hydroxylation is 3. The van der Waals surface area contributed by atoms with E-state index in [4.69, 9.17) is 9.47 Å². The molecular formula is C64H87N7O12. The number of carbonyl (C=O) groups is 10. The number of rotatable bonds is 9. The fourth-order valence-electron chi connectivity index (χ4n) is 10.2. The predicted octanol–water partition coefficient (Wildman–Crippen LogP) is 6.77. The minimum absolute atomic E-state index is 0.0564. The fraction of sp³-hybridized carbons (Fsp3) is 0.531. The highest BCUT2D eigenvalue weighted by Crippen LogP contribution is 2.31. The van der Waals surface area contributed by atoms with Gasteiger partial charge in [0, 0.05) is 65.3 Å². The number of hydrogen-bond acceptors (Lipinski definition) is 12. The number of fused-ring (bicyclic) bond motifs is 3. The summed E-state index contributed by atoms with van der Waals surface area (Å²) in [5.41, 5.74) is 3.40. The Bertz CT molecular complexity index is 2830. The number of piperidine rings is 1. The first-order valence-corrected chi connectivity index (χ1v) is 29.0. The van der Waals surface area contributed by atoms with Crippen LogP contribution in [0.2, 0.25) is 0 Å². The quantitative estimate of drug-likeness (QED) is 0.149. The summed E-state index contributed by atoms with van der Waals surface area (Å²) in [5.74, 6) is -6.89. The van der Waals surface area contributed by atoms with Crippen LogP contribution in [0.5, 0.6) is 0 Å². The van der Waals surface area contributed by atoms with Gasteiger partial charge in [-0.3, -0.25) is 38.4 Å². The van der Waals surface area contributed by atoms with Crippen LogP contribution in [0, 0.1) is 31.1 Å². The normalized spacial score (nSPS) is 23.2. The van der Waals surface area contributed by atoms with Crippen molar-refractivity contribution in [3.8, 4) is 0 Å². The highest BCUT2D eigenvalue weighted by atomic mass is 16.5. The Morgan fingerprint density at radius 1 is 0.759 bits per heavy atom. The van der Waals surface area contributed by atoms with Crippen LogP contribution in [0.25, 0.3) is 0 Å². The Morgan fingerprint density at radius 2 is 1.48 bits per heavy atom. The van der Waals surface area contributed by atoms with E-state index in [0.717, 1.165) is 28.3 Å². The van der Waals surface area contributed by atoms with Crippen molar-refractivity contribution >= 4 is 64.8 Å². The maximum Gasteiger partial charge on any atom is 0.330 e. The Morgan fingerprint density at radius 3 is 2.17 bits per heavy atom. The average Bonchev–Trinajstić information content (AvgIpc) is 3.63. The Kier molecular flexibility index (Phi) is 24.8. The molecule has 2 aliphatic rings. The van der Waals surface area contributed by atoms with E-state index in [2.05, 4.69) is 22.0 Å². The maximum absolute atomic E-state index is 14.7. The van der Waals surface area contributed by atoms with Crippen molar-refractivity contribution in [1.29, 1.82) is 0 Å². The highest BCUT2D eigenvalue weighted by Gasteiger charge is 2.43. The van der Waals surface area contributed by atoms with Crippen molar-refractivity contribution in [3.05, 3.63) is 113 Å². The molecule has 6 atom stereocenters. The number of benzene rings is 3. The van der Waals surface area contributed by atoms with Crippen molar-refractivity contribution in [3.63, 3.8) is 0 Å². The lowest BCUT2D eigenvalue weighted by Crippen LogP contribution is -2.59. The van der Waals surface area contributed by atoms with Crippen molar-refractivity contribution < 1.29 is 57.4 Å². The molecule has 0 unspecified atom stereocenters. The van der Waals surface area contributed by atoms with Gasteiger partial charge < -0.3 is 45.0 Å². The number of anilines is 1. The third kappa shape index (κ3) is 19.2. The lowest BCUT2D eigenvalue weighted by molar-refractivity contribution is -0.165. The van der Waals surface area contributed by atoms with Gasteiger partial charge in [-0.05, 0) is 124 Å². The number of nitrogens with zero attached hydrogens (tertiary/aromatic N) is 4. The number of ether oxygens (including phenoxy) is 2. The number of hydrogen-bond donors (Lipinski definition) is 3. The van der Waals surface area contributed by atoms with Gasteiger partial charge in [-0.15, -0.1) is 0 Å². The highest BCUT2D eigenvalue weighted by molar-refractivity contribution is 6.38.